The maximum atomic E-state index is 5.46. The normalized spacial score (nSPS) is 23.4. The third kappa shape index (κ3) is 8.68. The topological polar surface area (TPSA) is 9.23 Å². The quantitative estimate of drug-likeness (QED) is 0.506. The van der Waals surface area contributed by atoms with E-state index in [1.165, 1.54) is 83.5 Å². The predicted octanol–water partition coefficient (Wildman–Crippen LogP) is 6.11. The molecular formula is C18H36O. The molecule has 1 atom stereocenters. The average molecular weight is 268 g/mol. The van der Waals surface area contributed by atoms with Crippen molar-refractivity contribution >= 4 is 0 Å². The molecule has 0 aromatic heterocycles. The average Bonchev–Trinajstić information content (AvgIpc) is 3.11. The molecule has 0 spiro atoms. The van der Waals surface area contributed by atoms with E-state index in [-0.39, 0.29) is 0 Å². The molecule has 1 heterocycles. The molecule has 0 bridgehead atoms. The van der Waals surface area contributed by atoms with Crippen LogP contribution in [0.4, 0.5) is 0 Å². The van der Waals surface area contributed by atoms with Gasteiger partial charge < -0.3 is 4.74 Å². The summed E-state index contributed by atoms with van der Waals surface area (Å²) in [5.41, 5.74) is 0. The Morgan fingerprint density at radius 1 is 0.789 bits per heavy atom. The van der Waals surface area contributed by atoms with Crippen LogP contribution in [0.2, 0.25) is 0 Å². The molecule has 2 aliphatic rings. The molecule has 1 saturated heterocycles. The lowest BCUT2D eigenvalue weighted by atomic mass is 10.0. The van der Waals surface area contributed by atoms with E-state index in [4.69, 9.17) is 4.74 Å². The number of ether oxygens (including phenoxy) is 1. The van der Waals surface area contributed by atoms with Gasteiger partial charge in [-0.3, -0.25) is 0 Å². The summed E-state index contributed by atoms with van der Waals surface area (Å²) in [5.74, 6) is 1.12. The van der Waals surface area contributed by atoms with E-state index in [0.717, 1.165) is 12.5 Å². The SMILES string of the molecule is CCCCC1CCCO1.CCCCCC1CCCC1. The highest BCUT2D eigenvalue weighted by Crippen LogP contribution is 2.28. The minimum atomic E-state index is 0.616. The largest absolute Gasteiger partial charge is 0.378 e. The summed E-state index contributed by atoms with van der Waals surface area (Å²) in [5, 5.41) is 0. The van der Waals surface area contributed by atoms with E-state index in [2.05, 4.69) is 13.8 Å². The highest BCUT2D eigenvalue weighted by Gasteiger charge is 2.14. The Morgan fingerprint density at radius 2 is 1.53 bits per heavy atom. The van der Waals surface area contributed by atoms with Crippen molar-refractivity contribution in [1.29, 1.82) is 0 Å². The number of unbranched alkanes of at least 4 members (excludes halogenated alkanes) is 3. The van der Waals surface area contributed by atoms with Crippen molar-refractivity contribution < 1.29 is 4.74 Å². The van der Waals surface area contributed by atoms with Gasteiger partial charge in [0, 0.05) is 6.61 Å². The Labute approximate surface area is 121 Å². The van der Waals surface area contributed by atoms with Crippen LogP contribution in [0.15, 0.2) is 0 Å². The van der Waals surface area contributed by atoms with Gasteiger partial charge in [-0.25, -0.2) is 0 Å². The fraction of sp³-hybridized carbons (Fsp3) is 1.00. The highest BCUT2D eigenvalue weighted by molar-refractivity contribution is 4.66. The zero-order chi connectivity index (χ0) is 13.8. The van der Waals surface area contributed by atoms with Crippen LogP contribution in [0.25, 0.3) is 0 Å². The summed E-state index contributed by atoms with van der Waals surface area (Å²) in [4.78, 5) is 0. The first-order valence-corrected chi connectivity index (χ1v) is 8.98. The molecule has 0 aromatic carbocycles. The van der Waals surface area contributed by atoms with E-state index in [1.807, 2.05) is 0 Å². The Kier molecular flexibility index (Phi) is 10.5. The molecule has 19 heavy (non-hydrogen) atoms. The summed E-state index contributed by atoms with van der Waals surface area (Å²) in [6, 6.07) is 0. The zero-order valence-corrected chi connectivity index (χ0v) is 13.5. The van der Waals surface area contributed by atoms with Crippen LogP contribution in [0, 0.1) is 5.92 Å². The molecule has 0 radical (unpaired) electrons. The first-order chi connectivity index (χ1) is 9.36. The molecule has 1 unspecified atom stereocenters. The third-order valence-electron chi connectivity index (χ3n) is 4.59. The van der Waals surface area contributed by atoms with Gasteiger partial charge in [-0.1, -0.05) is 78.1 Å². The highest BCUT2D eigenvalue weighted by atomic mass is 16.5. The summed E-state index contributed by atoms with van der Waals surface area (Å²) >= 11 is 0. The van der Waals surface area contributed by atoms with Gasteiger partial charge in [0.15, 0.2) is 0 Å². The summed E-state index contributed by atoms with van der Waals surface area (Å²) < 4.78 is 5.46. The van der Waals surface area contributed by atoms with Crippen LogP contribution in [0.3, 0.4) is 0 Å². The summed E-state index contributed by atoms with van der Waals surface area (Å²) in [6.07, 6.45) is 19.1. The molecule has 0 N–H and O–H groups in total. The molecule has 114 valence electrons. The fourth-order valence-electron chi connectivity index (χ4n) is 3.29. The second-order valence-corrected chi connectivity index (χ2v) is 6.42. The molecular weight excluding hydrogens is 232 g/mol. The predicted molar refractivity (Wildman–Crippen MR) is 84.6 cm³/mol. The molecule has 1 saturated carbocycles. The number of hydrogen-bond donors (Lipinski definition) is 0. The number of hydrogen-bond acceptors (Lipinski definition) is 1. The first kappa shape index (κ1) is 17.0. The maximum Gasteiger partial charge on any atom is 0.0576 e. The van der Waals surface area contributed by atoms with Crippen molar-refractivity contribution in [2.75, 3.05) is 6.61 Å². The van der Waals surface area contributed by atoms with Crippen LogP contribution >= 0.6 is 0 Å². The monoisotopic (exact) mass is 268 g/mol. The van der Waals surface area contributed by atoms with Crippen LogP contribution in [0.1, 0.15) is 97.3 Å². The molecule has 1 aliphatic carbocycles. The van der Waals surface area contributed by atoms with Gasteiger partial charge in [0.2, 0.25) is 0 Å². The van der Waals surface area contributed by atoms with Gasteiger partial charge in [-0.2, -0.15) is 0 Å². The minimum absolute atomic E-state index is 0.616. The second kappa shape index (κ2) is 11.8. The fourth-order valence-corrected chi connectivity index (χ4v) is 3.29. The molecule has 0 aromatic rings. The van der Waals surface area contributed by atoms with Crippen LogP contribution in [-0.4, -0.2) is 12.7 Å². The van der Waals surface area contributed by atoms with Gasteiger partial charge in [-0.05, 0) is 25.2 Å². The molecule has 2 fully saturated rings. The third-order valence-corrected chi connectivity index (χ3v) is 4.59. The molecule has 0 amide bonds. The van der Waals surface area contributed by atoms with E-state index in [9.17, 15) is 0 Å². The molecule has 1 aliphatic heterocycles. The summed E-state index contributed by atoms with van der Waals surface area (Å²) in [7, 11) is 0. The minimum Gasteiger partial charge on any atom is -0.378 e. The van der Waals surface area contributed by atoms with Gasteiger partial charge in [-0.15, -0.1) is 0 Å². The second-order valence-electron chi connectivity index (χ2n) is 6.42. The Balaban J connectivity index is 0.000000191. The van der Waals surface area contributed by atoms with Crippen LogP contribution in [0.5, 0.6) is 0 Å². The van der Waals surface area contributed by atoms with E-state index < -0.39 is 0 Å². The van der Waals surface area contributed by atoms with Gasteiger partial charge >= 0.3 is 0 Å². The lowest BCUT2D eigenvalue weighted by Crippen LogP contribution is -2.03. The van der Waals surface area contributed by atoms with Crippen molar-refractivity contribution in [2.24, 2.45) is 5.92 Å². The Bertz CT molecular complexity index is 178. The Morgan fingerprint density at radius 3 is 2.11 bits per heavy atom. The van der Waals surface area contributed by atoms with Crippen LogP contribution < -0.4 is 0 Å². The van der Waals surface area contributed by atoms with E-state index in [0.29, 0.717) is 6.10 Å². The van der Waals surface area contributed by atoms with Gasteiger partial charge in [0.05, 0.1) is 6.10 Å². The van der Waals surface area contributed by atoms with Gasteiger partial charge in [0.1, 0.15) is 0 Å². The maximum absolute atomic E-state index is 5.46. The smallest absolute Gasteiger partial charge is 0.0576 e. The summed E-state index contributed by atoms with van der Waals surface area (Å²) in [6.45, 7) is 5.53. The van der Waals surface area contributed by atoms with Crippen molar-refractivity contribution in [2.45, 2.75) is 103 Å². The Hall–Kier alpha value is -0.0400. The van der Waals surface area contributed by atoms with Crippen molar-refractivity contribution in [3.63, 3.8) is 0 Å². The number of rotatable bonds is 7. The van der Waals surface area contributed by atoms with E-state index in [1.54, 1.807) is 0 Å². The molecule has 1 nitrogen and oxygen atoms in total. The molecule has 1 heteroatoms. The van der Waals surface area contributed by atoms with Crippen molar-refractivity contribution in [1.82, 2.24) is 0 Å². The van der Waals surface area contributed by atoms with Crippen molar-refractivity contribution in [3.8, 4) is 0 Å². The van der Waals surface area contributed by atoms with E-state index >= 15 is 0 Å². The van der Waals surface area contributed by atoms with Gasteiger partial charge in [0.25, 0.3) is 0 Å². The molecule has 2 rings (SSSR count). The first-order valence-electron chi connectivity index (χ1n) is 8.98. The lowest BCUT2D eigenvalue weighted by Gasteiger charge is -2.06. The van der Waals surface area contributed by atoms with Crippen molar-refractivity contribution in [3.05, 3.63) is 0 Å². The standard InChI is InChI=1S/C10H20.C8H16O/c1-2-3-4-7-10-8-5-6-9-10;1-2-3-5-8-6-4-7-9-8/h10H,2-9H2,1H3;8H,2-7H2,1H3. The lowest BCUT2D eigenvalue weighted by molar-refractivity contribution is 0.102. The van der Waals surface area contributed by atoms with Crippen LogP contribution in [-0.2, 0) is 4.74 Å². The zero-order valence-electron chi connectivity index (χ0n) is 13.5.